The Balaban J connectivity index is 1.95. The van der Waals surface area contributed by atoms with Gasteiger partial charge in [0, 0.05) is 0 Å². The number of ether oxygens (including phenoxy) is 1. The first-order valence-electron chi connectivity index (χ1n) is 4.79. The minimum absolute atomic E-state index is 0.130. The Hall–Kier alpha value is -0.900. The van der Waals surface area contributed by atoms with E-state index in [-0.39, 0.29) is 17.4 Å². The van der Waals surface area contributed by atoms with Crippen molar-refractivity contribution >= 4 is 11.6 Å². The first kappa shape index (κ1) is 9.65. The van der Waals surface area contributed by atoms with Gasteiger partial charge in [0.15, 0.2) is 0 Å². The van der Waals surface area contributed by atoms with Gasteiger partial charge in [0.2, 0.25) is 11.6 Å². The van der Waals surface area contributed by atoms with Crippen LogP contribution in [0.5, 0.6) is 6.01 Å². The molecule has 1 aromatic heterocycles. The highest BCUT2D eigenvalue weighted by Crippen LogP contribution is 2.21. The molecule has 1 aliphatic rings. The molecule has 0 bridgehead atoms. The molecule has 0 amide bonds. The van der Waals surface area contributed by atoms with Crippen LogP contribution in [0.2, 0.25) is 5.28 Å². The zero-order chi connectivity index (χ0) is 9.80. The molecule has 0 saturated heterocycles. The number of hydrogen-bond donors (Lipinski definition) is 0. The molecule has 0 N–H and O–H groups in total. The van der Waals surface area contributed by atoms with Crippen LogP contribution in [0.25, 0.3) is 0 Å². The number of halogens is 1. The van der Waals surface area contributed by atoms with Crippen LogP contribution < -0.4 is 4.74 Å². The predicted molar refractivity (Wildman–Crippen MR) is 51.2 cm³/mol. The molecule has 1 saturated carbocycles. The van der Waals surface area contributed by atoms with Gasteiger partial charge in [0.25, 0.3) is 0 Å². The maximum absolute atomic E-state index is 5.59. The lowest BCUT2D eigenvalue weighted by Gasteiger charge is -2.21. The van der Waals surface area contributed by atoms with E-state index in [1.54, 1.807) is 0 Å². The van der Waals surface area contributed by atoms with Crippen LogP contribution in [0.1, 0.15) is 32.1 Å². The second kappa shape index (κ2) is 4.55. The van der Waals surface area contributed by atoms with Crippen LogP contribution in [0, 0.1) is 6.33 Å². The standard InChI is InChI=1S/C9H11ClN3O/c10-8-11-6-12-9(13-8)14-7-4-2-1-3-5-7/h7H,1-5H2. The van der Waals surface area contributed by atoms with E-state index >= 15 is 0 Å². The summed E-state index contributed by atoms with van der Waals surface area (Å²) in [6, 6.07) is 0.289. The van der Waals surface area contributed by atoms with E-state index in [1.165, 1.54) is 19.3 Å². The summed E-state index contributed by atoms with van der Waals surface area (Å²) < 4.78 is 5.56. The second-order valence-corrected chi connectivity index (χ2v) is 3.70. The van der Waals surface area contributed by atoms with Gasteiger partial charge in [0.1, 0.15) is 6.10 Å². The van der Waals surface area contributed by atoms with Crippen molar-refractivity contribution in [1.29, 1.82) is 0 Å². The fourth-order valence-corrected chi connectivity index (χ4v) is 1.73. The Morgan fingerprint density at radius 1 is 1.21 bits per heavy atom. The van der Waals surface area contributed by atoms with Crippen molar-refractivity contribution in [1.82, 2.24) is 15.0 Å². The first-order valence-corrected chi connectivity index (χ1v) is 5.16. The molecule has 4 nitrogen and oxygen atoms in total. The summed E-state index contributed by atoms with van der Waals surface area (Å²) in [5, 5.41) is 0.130. The maximum Gasteiger partial charge on any atom is 0.321 e. The molecular weight excluding hydrogens is 202 g/mol. The SMILES string of the molecule is Clc1n[c]nc(OC2CCCCC2)n1. The highest BCUT2D eigenvalue weighted by molar-refractivity contribution is 6.28. The average molecular weight is 213 g/mol. The molecule has 0 unspecified atom stereocenters. The number of hydrogen-bond acceptors (Lipinski definition) is 4. The zero-order valence-electron chi connectivity index (χ0n) is 7.74. The summed E-state index contributed by atoms with van der Waals surface area (Å²) in [6.07, 6.45) is 8.50. The third-order valence-corrected chi connectivity index (χ3v) is 2.47. The molecule has 1 aromatic rings. The average Bonchev–Trinajstić information content (AvgIpc) is 2.19. The lowest BCUT2D eigenvalue weighted by Crippen LogP contribution is -2.20. The summed E-state index contributed by atoms with van der Waals surface area (Å²) in [5.74, 6) is 0. The summed E-state index contributed by atoms with van der Waals surface area (Å²) in [5.41, 5.74) is 0. The molecule has 2 rings (SSSR count). The molecule has 0 aromatic carbocycles. The van der Waals surface area contributed by atoms with Gasteiger partial charge in [-0.25, -0.2) is 0 Å². The lowest BCUT2D eigenvalue weighted by atomic mass is 9.98. The van der Waals surface area contributed by atoms with Crippen LogP contribution in [0.4, 0.5) is 0 Å². The van der Waals surface area contributed by atoms with Crippen molar-refractivity contribution in [3.8, 4) is 6.01 Å². The van der Waals surface area contributed by atoms with Crippen LogP contribution in [0.3, 0.4) is 0 Å². The van der Waals surface area contributed by atoms with Crippen molar-refractivity contribution in [2.75, 3.05) is 0 Å². The van der Waals surface area contributed by atoms with Gasteiger partial charge in [-0.05, 0) is 37.3 Å². The monoisotopic (exact) mass is 212 g/mol. The van der Waals surface area contributed by atoms with Gasteiger partial charge in [-0.2, -0.15) is 15.0 Å². The van der Waals surface area contributed by atoms with Crippen molar-refractivity contribution in [2.24, 2.45) is 0 Å². The van der Waals surface area contributed by atoms with Crippen LogP contribution >= 0.6 is 11.6 Å². The van der Waals surface area contributed by atoms with E-state index < -0.39 is 0 Å². The van der Waals surface area contributed by atoms with E-state index in [4.69, 9.17) is 16.3 Å². The van der Waals surface area contributed by atoms with Crippen molar-refractivity contribution in [3.05, 3.63) is 11.6 Å². The maximum atomic E-state index is 5.59. The Morgan fingerprint density at radius 2 is 2.00 bits per heavy atom. The molecule has 0 spiro atoms. The van der Waals surface area contributed by atoms with Crippen molar-refractivity contribution in [2.45, 2.75) is 38.2 Å². The van der Waals surface area contributed by atoms with Crippen LogP contribution in [-0.4, -0.2) is 21.1 Å². The Morgan fingerprint density at radius 3 is 2.71 bits per heavy atom. The largest absolute Gasteiger partial charge is 0.460 e. The summed E-state index contributed by atoms with van der Waals surface area (Å²) in [4.78, 5) is 11.2. The lowest BCUT2D eigenvalue weighted by molar-refractivity contribution is 0.141. The molecule has 0 atom stereocenters. The van der Waals surface area contributed by atoms with E-state index in [0.717, 1.165) is 12.8 Å². The Bertz CT molecular complexity index is 302. The highest BCUT2D eigenvalue weighted by Gasteiger charge is 2.16. The summed E-state index contributed by atoms with van der Waals surface area (Å²) >= 11 is 5.59. The molecule has 1 fully saturated rings. The van der Waals surface area contributed by atoms with Gasteiger partial charge < -0.3 is 4.74 Å². The Kier molecular flexibility index (Phi) is 3.14. The molecule has 5 heteroatoms. The quantitative estimate of drug-likeness (QED) is 0.753. The summed E-state index contributed by atoms with van der Waals surface area (Å²) in [6.45, 7) is 0. The van der Waals surface area contributed by atoms with E-state index in [1.807, 2.05) is 0 Å². The highest BCUT2D eigenvalue weighted by atomic mass is 35.5. The fourth-order valence-electron chi connectivity index (χ4n) is 1.62. The molecule has 1 heterocycles. The van der Waals surface area contributed by atoms with Gasteiger partial charge >= 0.3 is 6.01 Å². The number of rotatable bonds is 2. The normalized spacial score (nSPS) is 18.1. The Labute approximate surface area is 87.7 Å². The minimum Gasteiger partial charge on any atom is -0.460 e. The topological polar surface area (TPSA) is 47.9 Å². The molecule has 14 heavy (non-hydrogen) atoms. The number of aromatic nitrogens is 3. The predicted octanol–water partition coefficient (Wildman–Crippen LogP) is 2.04. The second-order valence-electron chi connectivity index (χ2n) is 3.36. The number of nitrogens with zero attached hydrogens (tertiary/aromatic N) is 3. The summed E-state index contributed by atoms with van der Waals surface area (Å²) in [7, 11) is 0. The van der Waals surface area contributed by atoms with Gasteiger partial charge in [0.05, 0.1) is 0 Å². The van der Waals surface area contributed by atoms with Crippen molar-refractivity contribution in [3.63, 3.8) is 0 Å². The third kappa shape index (κ3) is 2.54. The fraction of sp³-hybridized carbons (Fsp3) is 0.667. The molecule has 1 aliphatic carbocycles. The first-order chi connectivity index (χ1) is 6.84. The third-order valence-electron chi connectivity index (χ3n) is 2.30. The van der Waals surface area contributed by atoms with E-state index in [2.05, 4.69) is 21.3 Å². The van der Waals surface area contributed by atoms with Gasteiger partial charge in [-0.15, -0.1) is 0 Å². The van der Waals surface area contributed by atoms with Crippen LogP contribution in [0.15, 0.2) is 0 Å². The van der Waals surface area contributed by atoms with Crippen molar-refractivity contribution < 1.29 is 4.74 Å². The van der Waals surface area contributed by atoms with Gasteiger partial charge in [-0.1, -0.05) is 6.42 Å². The minimum atomic E-state index is 0.130. The van der Waals surface area contributed by atoms with Crippen LogP contribution in [-0.2, 0) is 0 Å². The smallest absolute Gasteiger partial charge is 0.321 e. The van der Waals surface area contributed by atoms with Gasteiger partial charge in [-0.3, -0.25) is 0 Å². The zero-order valence-corrected chi connectivity index (χ0v) is 8.50. The molecule has 75 valence electrons. The molecule has 0 aliphatic heterocycles. The van der Waals surface area contributed by atoms with E-state index in [0.29, 0.717) is 0 Å². The molecule has 1 radical (unpaired) electrons. The van der Waals surface area contributed by atoms with E-state index in [9.17, 15) is 0 Å². The molecular formula is C9H11ClN3O.